The fourth-order valence-electron chi connectivity index (χ4n) is 2.30. The van der Waals surface area contributed by atoms with Crippen LogP contribution in [0.2, 0.25) is 0 Å². The van der Waals surface area contributed by atoms with Gasteiger partial charge < -0.3 is 10.1 Å². The molecule has 0 saturated carbocycles. The van der Waals surface area contributed by atoms with Crippen molar-refractivity contribution < 1.29 is 9.53 Å². The number of benzene rings is 2. The lowest BCUT2D eigenvalue weighted by molar-refractivity contribution is 0.0950. The summed E-state index contributed by atoms with van der Waals surface area (Å²) in [5, 5.41) is 5.53. The topological polar surface area (TPSA) is 51.2 Å². The van der Waals surface area contributed by atoms with E-state index >= 15 is 0 Å². The third kappa shape index (κ3) is 4.00. The van der Waals surface area contributed by atoms with Gasteiger partial charge in [-0.2, -0.15) is 0 Å². The molecule has 2 aromatic carbocycles. The van der Waals surface area contributed by atoms with Crippen LogP contribution in [0.5, 0.6) is 5.75 Å². The number of nitrogens with zero attached hydrogens (tertiary/aromatic N) is 1. The Kier molecular flexibility index (Phi) is 5.23. The van der Waals surface area contributed by atoms with Gasteiger partial charge in [-0.05, 0) is 36.2 Å². The number of carbonyl (C=O) groups excluding carboxylic acids is 1. The molecule has 0 fully saturated rings. The zero-order chi connectivity index (χ0) is 16.8. The van der Waals surface area contributed by atoms with E-state index in [0.29, 0.717) is 12.2 Å². The van der Waals surface area contributed by atoms with Gasteiger partial charge in [0.1, 0.15) is 16.5 Å². The van der Waals surface area contributed by atoms with Crippen molar-refractivity contribution in [1.29, 1.82) is 0 Å². The fraction of sp³-hybridized carbons (Fsp3) is 0.158. The van der Waals surface area contributed by atoms with Gasteiger partial charge in [-0.25, -0.2) is 4.98 Å². The summed E-state index contributed by atoms with van der Waals surface area (Å²) in [7, 11) is 1.64. The van der Waals surface area contributed by atoms with Gasteiger partial charge in [-0.3, -0.25) is 4.79 Å². The highest BCUT2D eigenvalue weighted by molar-refractivity contribution is 7.13. The summed E-state index contributed by atoms with van der Waals surface area (Å²) in [6.45, 7) is 0.595. The Morgan fingerprint density at radius 3 is 2.58 bits per heavy atom. The molecule has 1 amide bonds. The largest absolute Gasteiger partial charge is 0.497 e. The third-order valence-electron chi connectivity index (χ3n) is 3.62. The Morgan fingerprint density at radius 1 is 1.12 bits per heavy atom. The van der Waals surface area contributed by atoms with Crippen molar-refractivity contribution in [3.05, 3.63) is 71.2 Å². The second-order valence-corrected chi connectivity index (χ2v) is 6.12. The lowest BCUT2D eigenvalue weighted by Crippen LogP contribution is -2.25. The van der Waals surface area contributed by atoms with Crippen LogP contribution in [0, 0.1) is 0 Å². The first-order valence-corrected chi connectivity index (χ1v) is 8.56. The number of aromatic nitrogens is 1. The molecule has 1 N–H and O–H groups in total. The average Bonchev–Trinajstić information content (AvgIpc) is 3.13. The fourth-order valence-corrected chi connectivity index (χ4v) is 3.11. The van der Waals surface area contributed by atoms with Crippen LogP contribution in [-0.2, 0) is 6.42 Å². The van der Waals surface area contributed by atoms with Crippen LogP contribution >= 0.6 is 11.3 Å². The molecule has 0 spiro atoms. The number of hydrogen-bond donors (Lipinski definition) is 1. The van der Waals surface area contributed by atoms with Crippen molar-refractivity contribution >= 4 is 17.2 Å². The lowest BCUT2D eigenvalue weighted by atomic mass is 10.1. The van der Waals surface area contributed by atoms with Crippen molar-refractivity contribution in [1.82, 2.24) is 10.3 Å². The van der Waals surface area contributed by atoms with Gasteiger partial charge in [0.2, 0.25) is 0 Å². The van der Waals surface area contributed by atoms with Gasteiger partial charge in [0.15, 0.2) is 0 Å². The molecule has 0 aliphatic rings. The predicted octanol–water partition coefficient (Wildman–Crippen LogP) is 3.79. The molecule has 3 aromatic rings. The molecule has 3 rings (SSSR count). The highest BCUT2D eigenvalue weighted by Crippen LogP contribution is 2.25. The molecule has 0 aliphatic heterocycles. The van der Waals surface area contributed by atoms with Crippen molar-refractivity contribution in [3.63, 3.8) is 0 Å². The molecule has 5 heteroatoms. The normalized spacial score (nSPS) is 10.4. The van der Waals surface area contributed by atoms with Gasteiger partial charge in [0.05, 0.1) is 7.11 Å². The number of amides is 1. The smallest absolute Gasteiger partial charge is 0.270 e. The molecule has 0 aliphatic carbocycles. The van der Waals surface area contributed by atoms with Crippen molar-refractivity contribution in [2.24, 2.45) is 0 Å². The van der Waals surface area contributed by atoms with E-state index in [2.05, 4.69) is 22.4 Å². The van der Waals surface area contributed by atoms with Crippen LogP contribution in [0.25, 0.3) is 10.6 Å². The maximum atomic E-state index is 12.2. The maximum absolute atomic E-state index is 12.2. The number of hydrogen-bond acceptors (Lipinski definition) is 4. The van der Waals surface area contributed by atoms with E-state index in [1.807, 2.05) is 42.5 Å². The standard InChI is InChI=1S/C19H18N2O2S/c1-23-16-9-7-15(8-10-16)19-21-17(13-24-19)18(22)20-12-11-14-5-3-2-4-6-14/h2-10,13H,11-12H2,1H3,(H,20,22). The molecule has 122 valence electrons. The predicted molar refractivity (Wildman–Crippen MR) is 96.6 cm³/mol. The molecule has 1 aromatic heterocycles. The minimum Gasteiger partial charge on any atom is -0.497 e. The maximum Gasteiger partial charge on any atom is 0.270 e. The van der Waals surface area contributed by atoms with E-state index in [0.717, 1.165) is 22.7 Å². The molecular weight excluding hydrogens is 320 g/mol. The first-order chi connectivity index (χ1) is 11.8. The van der Waals surface area contributed by atoms with E-state index < -0.39 is 0 Å². The summed E-state index contributed by atoms with van der Waals surface area (Å²) in [5.74, 6) is 0.663. The number of thiazole rings is 1. The zero-order valence-corrected chi connectivity index (χ0v) is 14.2. The summed E-state index contributed by atoms with van der Waals surface area (Å²) in [6.07, 6.45) is 0.808. The van der Waals surface area contributed by atoms with E-state index in [9.17, 15) is 4.79 Å². The summed E-state index contributed by atoms with van der Waals surface area (Å²) >= 11 is 1.46. The number of methoxy groups -OCH3 is 1. The molecular formula is C19H18N2O2S. The monoisotopic (exact) mass is 338 g/mol. The van der Waals surface area contributed by atoms with Crippen molar-refractivity contribution in [3.8, 4) is 16.3 Å². The van der Waals surface area contributed by atoms with Gasteiger partial charge in [0.25, 0.3) is 5.91 Å². The summed E-state index contributed by atoms with van der Waals surface area (Å²) < 4.78 is 5.15. The Balaban J connectivity index is 1.59. The van der Waals surface area contributed by atoms with E-state index in [4.69, 9.17) is 4.74 Å². The second kappa shape index (κ2) is 7.75. The molecule has 0 bridgehead atoms. The minimum atomic E-state index is -0.137. The van der Waals surface area contributed by atoms with E-state index in [-0.39, 0.29) is 5.91 Å². The highest BCUT2D eigenvalue weighted by atomic mass is 32.1. The number of carbonyl (C=O) groups is 1. The Bertz CT molecular complexity index is 798. The minimum absolute atomic E-state index is 0.137. The van der Waals surface area contributed by atoms with Crippen molar-refractivity contribution in [2.75, 3.05) is 13.7 Å². The van der Waals surface area contributed by atoms with Crippen LogP contribution in [-0.4, -0.2) is 24.5 Å². The summed E-state index contributed by atoms with van der Waals surface area (Å²) in [4.78, 5) is 16.6. The molecule has 24 heavy (non-hydrogen) atoms. The molecule has 4 nitrogen and oxygen atoms in total. The quantitative estimate of drug-likeness (QED) is 0.744. The van der Waals surface area contributed by atoms with Crippen LogP contribution in [0.15, 0.2) is 60.0 Å². The molecule has 1 heterocycles. The zero-order valence-electron chi connectivity index (χ0n) is 13.4. The van der Waals surface area contributed by atoms with Gasteiger partial charge in [-0.1, -0.05) is 30.3 Å². The Hall–Kier alpha value is -2.66. The molecule has 0 saturated heterocycles. The average molecular weight is 338 g/mol. The molecule has 0 atom stereocenters. The van der Waals surface area contributed by atoms with Crippen LogP contribution < -0.4 is 10.1 Å². The molecule has 0 unspecified atom stereocenters. The summed E-state index contributed by atoms with van der Waals surface area (Å²) in [6, 6.07) is 17.7. The van der Waals surface area contributed by atoms with Gasteiger partial charge >= 0.3 is 0 Å². The molecule has 0 radical (unpaired) electrons. The first kappa shape index (κ1) is 16.2. The van der Waals surface area contributed by atoms with Crippen LogP contribution in [0.4, 0.5) is 0 Å². The second-order valence-electron chi connectivity index (χ2n) is 5.26. The Labute approximate surface area is 145 Å². The van der Waals surface area contributed by atoms with Crippen LogP contribution in [0.1, 0.15) is 16.1 Å². The first-order valence-electron chi connectivity index (χ1n) is 7.68. The van der Waals surface area contributed by atoms with Gasteiger partial charge in [-0.15, -0.1) is 11.3 Å². The van der Waals surface area contributed by atoms with E-state index in [1.54, 1.807) is 12.5 Å². The van der Waals surface area contributed by atoms with Gasteiger partial charge in [0, 0.05) is 17.5 Å². The number of ether oxygens (including phenoxy) is 1. The lowest BCUT2D eigenvalue weighted by Gasteiger charge is -2.03. The third-order valence-corrected chi connectivity index (χ3v) is 4.51. The van der Waals surface area contributed by atoms with Crippen LogP contribution in [0.3, 0.4) is 0 Å². The number of nitrogens with one attached hydrogen (secondary N) is 1. The highest BCUT2D eigenvalue weighted by Gasteiger charge is 2.11. The summed E-state index contributed by atoms with van der Waals surface area (Å²) in [5.41, 5.74) is 2.64. The number of rotatable bonds is 6. The van der Waals surface area contributed by atoms with E-state index in [1.165, 1.54) is 16.9 Å². The SMILES string of the molecule is COc1ccc(-c2nc(C(=O)NCCc3ccccc3)cs2)cc1. The van der Waals surface area contributed by atoms with Crippen molar-refractivity contribution in [2.45, 2.75) is 6.42 Å². The Morgan fingerprint density at radius 2 is 1.88 bits per heavy atom.